The van der Waals surface area contributed by atoms with Crippen molar-refractivity contribution in [1.29, 1.82) is 0 Å². The molecule has 2 unspecified atom stereocenters. The molecule has 1 aliphatic rings. The van der Waals surface area contributed by atoms with Crippen LogP contribution in [0, 0.1) is 5.41 Å². The van der Waals surface area contributed by atoms with Gasteiger partial charge in [0.25, 0.3) is 0 Å². The zero-order valence-electron chi connectivity index (χ0n) is 13.2. The minimum atomic E-state index is -1.79. The molecule has 0 aromatic heterocycles. The summed E-state index contributed by atoms with van der Waals surface area (Å²) in [7, 11) is -1.79. The predicted octanol–water partition coefficient (Wildman–Crippen LogP) is 4.21. The predicted molar refractivity (Wildman–Crippen MR) is 80.8 cm³/mol. The van der Waals surface area contributed by atoms with E-state index in [0.29, 0.717) is 0 Å². The minimum absolute atomic E-state index is 0.137. The van der Waals surface area contributed by atoms with Crippen molar-refractivity contribution in [2.75, 3.05) is 0 Å². The lowest BCUT2D eigenvalue weighted by Crippen LogP contribution is -2.43. The van der Waals surface area contributed by atoms with Crippen LogP contribution in [0.4, 0.5) is 0 Å². The SMILES string of the molecule is C=C1CC(O[Si](C)(C)C(C)(C)C)CC1(C)CC(=O)O. The number of rotatable bonds is 4. The van der Waals surface area contributed by atoms with Crippen LogP contribution in [0.3, 0.4) is 0 Å². The fraction of sp³-hybridized carbons (Fsp3) is 0.800. The van der Waals surface area contributed by atoms with E-state index < -0.39 is 14.3 Å². The molecule has 2 atom stereocenters. The van der Waals surface area contributed by atoms with Gasteiger partial charge in [0.15, 0.2) is 8.32 Å². The van der Waals surface area contributed by atoms with Gasteiger partial charge in [-0.05, 0) is 31.0 Å². The van der Waals surface area contributed by atoms with Crippen LogP contribution in [-0.2, 0) is 9.22 Å². The highest BCUT2D eigenvalue weighted by molar-refractivity contribution is 6.74. The third kappa shape index (κ3) is 3.69. The van der Waals surface area contributed by atoms with Gasteiger partial charge in [0.2, 0.25) is 0 Å². The molecule has 110 valence electrons. The third-order valence-corrected chi connectivity index (χ3v) is 9.35. The van der Waals surface area contributed by atoms with Crippen LogP contribution in [0.25, 0.3) is 0 Å². The standard InChI is InChI=1S/C15H28O3Si/c1-11-8-12(9-15(11,5)10-13(16)17)18-19(6,7)14(2,3)4/h12H,1,8-10H2,2-7H3,(H,16,17). The molecule has 4 heteroatoms. The van der Waals surface area contributed by atoms with Crippen LogP contribution < -0.4 is 0 Å². The van der Waals surface area contributed by atoms with Crippen molar-refractivity contribution < 1.29 is 14.3 Å². The molecule has 0 saturated heterocycles. The van der Waals surface area contributed by atoms with Crippen LogP contribution >= 0.6 is 0 Å². The highest BCUT2D eigenvalue weighted by Gasteiger charge is 2.45. The number of carboxylic acid groups (broad SMARTS) is 1. The van der Waals surface area contributed by atoms with Crippen LogP contribution in [-0.4, -0.2) is 25.5 Å². The third-order valence-electron chi connectivity index (χ3n) is 4.81. The van der Waals surface area contributed by atoms with Crippen molar-refractivity contribution in [1.82, 2.24) is 0 Å². The average Bonchev–Trinajstić information content (AvgIpc) is 2.36. The first-order valence-electron chi connectivity index (χ1n) is 6.95. The van der Waals surface area contributed by atoms with E-state index in [9.17, 15) is 4.79 Å². The van der Waals surface area contributed by atoms with E-state index in [4.69, 9.17) is 9.53 Å². The number of hydrogen-bond acceptors (Lipinski definition) is 2. The van der Waals surface area contributed by atoms with Crippen molar-refractivity contribution in [2.24, 2.45) is 5.41 Å². The van der Waals surface area contributed by atoms with Gasteiger partial charge >= 0.3 is 5.97 Å². The quantitative estimate of drug-likeness (QED) is 0.621. The van der Waals surface area contributed by atoms with E-state index in [1.165, 1.54) is 0 Å². The Hall–Kier alpha value is -0.613. The number of carbonyl (C=O) groups is 1. The Morgan fingerprint density at radius 1 is 1.53 bits per heavy atom. The van der Waals surface area contributed by atoms with E-state index in [2.05, 4.69) is 40.4 Å². The van der Waals surface area contributed by atoms with Crippen molar-refractivity contribution in [3.63, 3.8) is 0 Å². The maximum Gasteiger partial charge on any atom is 0.304 e. The maximum absolute atomic E-state index is 11.0. The molecule has 1 aliphatic carbocycles. The molecule has 1 fully saturated rings. The summed E-state index contributed by atoms with van der Waals surface area (Å²) in [5.74, 6) is -0.753. The lowest BCUT2D eigenvalue weighted by Gasteiger charge is -2.38. The molecule has 0 aromatic rings. The van der Waals surface area contributed by atoms with Crippen LogP contribution in [0.15, 0.2) is 12.2 Å². The molecule has 1 rings (SSSR count). The summed E-state index contributed by atoms with van der Waals surface area (Å²) in [4.78, 5) is 11.0. The van der Waals surface area contributed by atoms with E-state index in [1.807, 2.05) is 6.92 Å². The van der Waals surface area contributed by atoms with Crippen molar-refractivity contribution in [3.05, 3.63) is 12.2 Å². The minimum Gasteiger partial charge on any atom is -0.481 e. The van der Waals surface area contributed by atoms with Crippen molar-refractivity contribution in [3.8, 4) is 0 Å². The second-order valence-corrected chi connectivity index (χ2v) is 12.4. The smallest absolute Gasteiger partial charge is 0.304 e. The Labute approximate surface area is 118 Å². The summed E-state index contributed by atoms with van der Waals surface area (Å²) in [5.41, 5.74) is 0.720. The van der Waals surface area contributed by atoms with Gasteiger partial charge in [-0.25, -0.2) is 0 Å². The summed E-state index contributed by atoms with van der Waals surface area (Å²) >= 11 is 0. The van der Waals surface area contributed by atoms with E-state index in [1.54, 1.807) is 0 Å². The van der Waals surface area contributed by atoms with Gasteiger partial charge in [0.05, 0.1) is 6.42 Å². The van der Waals surface area contributed by atoms with Gasteiger partial charge in [-0.2, -0.15) is 0 Å². The number of hydrogen-bond donors (Lipinski definition) is 1. The average molecular weight is 284 g/mol. The molecule has 0 aromatic carbocycles. The Morgan fingerprint density at radius 3 is 2.47 bits per heavy atom. The molecule has 0 amide bonds. The molecule has 0 spiro atoms. The summed E-state index contributed by atoms with van der Waals surface area (Å²) in [6, 6.07) is 0. The normalized spacial score (nSPS) is 28.7. The van der Waals surface area contributed by atoms with E-state index >= 15 is 0 Å². The van der Waals surface area contributed by atoms with E-state index in [0.717, 1.165) is 18.4 Å². The summed E-state index contributed by atoms with van der Waals surface area (Å²) < 4.78 is 6.40. The lowest BCUT2D eigenvalue weighted by atomic mass is 9.82. The van der Waals surface area contributed by atoms with Crippen LogP contribution in [0.5, 0.6) is 0 Å². The van der Waals surface area contributed by atoms with Gasteiger partial charge in [-0.1, -0.05) is 39.8 Å². The Bertz CT molecular complexity index is 381. The molecule has 0 bridgehead atoms. The van der Waals surface area contributed by atoms with Gasteiger partial charge in [-0.3, -0.25) is 4.79 Å². The molecule has 1 saturated carbocycles. The first-order valence-corrected chi connectivity index (χ1v) is 9.86. The molecule has 3 nitrogen and oxygen atoms in total. The Kier molecular flexibility index (Phi) is 4.38. The van der Waals surface area contributed by atoms with Gasteiger partial charge in [-0.15, -0.1) is 0 Å². The molecular formula is C15H28O3Si. The Morgan fingerprint density at radius 2 is 2.05 bits per heavy atom. The first-order chi connectivity index (χ1) is 8.37. The number of carboxylic acids is 1. The first kappa shape index (κ1) is 16.4. The molecule has 0 aliphatic heterocycles. The second-order valence-electron chi connectivity index (χ2n) is 7.64. The molecule has 1 N–H and O–H groups in total. The maximum atomic E-state index is 11.0. The molecule has 0 radical (unpaired) electrons. The van der Waals surface area contributed by atoms with Gasteiger partial charge in [0, 0.05) is 11.5 Å². The van der Waals surface area contributed by atoms with Crippen LogP contribution in [0.1, 0.15) is 47.0 Å². The van der Waals surface area contributed by atoms with Crippen LogP contribution in [0.2, 0.25) is 18.1 Å². The van der Waals surface area contributed by atoms with E-state index in [-0.39, 0.29) is 23.0 Å². The zero-order chi connectivity index (χ0) is 15.1. The summed E-state index contributed by atoms with van der Waals surface area (Å²) in [6.45, 7) is 17.2. The fourth-order valence-corrected chi connectivity index (χ4v) is 3.80. The largest absolute Gasteiger partial charge is 0.481 e. The monoisotopic (exact) mass is 284 g/mol. The molecule has 19 heavy (non-hydrogen) atoms. The topological polar surface area (TPSA) is 46.5 Å². The highest BCUT2D eigenvalue weighted by Crippen LogP contribution is 2.48. The van der Waals surface area contributed by atoms with Crippen molar-refractivity contribution >= 4 is 14.3 Å². The van der Waals surface area contributed by atoms with Gasteiger partial charge < -0.3 is 9.53 Å². The second kappa shape index (κ2) is 5.06. The lowest BCUT2D eigenvalue weighted by molar-refractivity contribution is -0.139. The zero-order valence-corrected chi connectivity index (χ0v) is 14.2. The summed E-state index contributed by atoms with van der Waals surface area (Å²) in [6.07, 6.45) is 1.88. The van der Waals surface area contributed by atoms with Gasteiger partial charge in [0.1, 0.15) is 0 Å². The molecular weight excluding hydrogens is 256 g/mol. The summed E-state index contributed by atoms with van der Waals surface area (Å²) in [5, 5.41) is 9.21. The number of aliphatic carboxylic acids is 1. The van der Waals surface area contributed by atoms with Crippen molar-refractivity contribution in [2.45, 2.75) is 71.2 Å². The fourth-order valence-electron chi connectivity index (χ4n) is 2.45. The Balaban J connectivity index is 2.76. The highest BCUT2D eigenvalue weighted by atomic mass is 28.4. The molecule has 0 heterocycles.